The molecular formula is C19H24N6S. The maximum absolute atomic E-state index is 4.57. The van der Waals surface area contributed by atoms with E-state index >= 15 is 0 Å². The van der Waals surface area contributed by atoms with Gasteiger partial charge in [0.05, 0.1) is 11.9 Å². The van der Waals surface area contributed by atoms with Crippen molar-refractivity contribution in [3.63, 3.8) is 0 Å². The van der Waals surface area contributed by atoms with E-state index < -0.39 is 0 Å². The third-order valence-corrected chi connectivity index (χ3v) is 5.13. The lowest BCUT2D eigenvalue weighted by atomic mass is 9.98. The van der Waals surface area contributed by atoms with E-state index in [0.29, 0.717) is 5.92 Å². The predicted octanol–water partition coefficient (Wildman–Crippen LogP) is 3.68. The quantitative estimate of drug-likeness (QED) is 0.565. The van der Waals surface area contributed by atoms with E-state index in [2.05, 4.69) is 44.1 Å². The van der Waals surface area contributed by atoms with Crippen molar-refractivity contribution in [3.05, 3.63) is 54.4 Å². The lowest BCUT2D eigenvalue weighted by molar-refractivity contribution is 0.484. The molecule has 0 N–H and O–H groups in total. The molecule has 136 valence electrons. The summed E-state index contributed by atoms with van der Waals surface area (Å²) in [6.07, 6.45) is 13.4. The first kappa shape index (κ1) is 18.5. The fraction of sp³-hybridized carbons (Fsp3) is 0.421. The number of rotatable bonds is 8. The summed E-state index contributed by atoms with van der Waals surface area (Å²) in [5, 5.41) is 4.21. The summed E-state index contributed by atoms with van der Waals surface area (Å²) in [5.74, 6) is 2.40. The molecule has 0 saturated heterocycles. The molecule has 1 atom stereocenters. The average Bonchev–Trinajstić information content (AvgIpc) is 3.11. The van der Waals surface area contributed by atoms with Crippen molar-refractivity contribution < 1.29 is 0 Å². The Morgan fingerprint density at radius 3 is 2.38 bits per heavy atom. The summed E-state index contributed by atoms with van der Waals surface area (Å²) in [4.78, 5) is 18.7. The number of hydrogen-bond donors (Lipinski definition) is 0. The van der Waals surface area contributed by atoms with Gasteiger partial charge in [0, 0.05) is 29.4 Å². The molecular weight excluding hydrogens is 344 g/mol. The molecule has 0 aliphatic rings. The van der Waals surface area contributed by atoms with Crippen LogP contribution in [-0.4, -0.2) is 36.0 Å². The Morgan fingerprint density at radius 2 is 1.77 bits per heavy atom. The fourth-order valence-corrected chi connectivity index (χ4v) is 3.05. The Bertz CT molecular complexity index is 813. The first-order valence-corrected chi connectivity index (χ1v) is 10.0. The van der Waals surface area contributed by atoms with Crippen molar-refractivity contribution in [3.8, 4) is 5.69 Å². The zero-order valence-corrected chi connectivity index (χ0v) is 16.3. The minimum atomic E-state index is 0.609. The molecule has 3 heterocycles. The van der Waals surface area contributed by atoms with Crippen molar-refractivity contribution in [2.24, 2.45) is 5.92 Å². The highest BCUT2D eigenvalue weighted by molar-refractivity contribution is 7.98. The van der Waals surface area contributed by atoms with Crippen LogP contribution in [0.3, 0.4) is 0 Å². The number of pyridine rings is 1. The zero-order chi connectivity index (χ0) is 18.4. The van der Waals surface area contributed by atoms with Crippen molar-refractivity contribution in [1.82, 2.24) is 29.7 Å². The van der Waals surface area contributed by atoms with Gasteiger partial charge in [0.1, 0.15) is 18.0 Å². The second kappa shape index (κ2) is 8.89. The van der Waals surface area contributed by atoms with Crippen molar-refractivity contribution in [2.45, 2.75) is 44.4 Å². The molecule has 0 spiro atoms. The number of nitrogens with zero attached hydrogens (tertiary/aromatic N) is 6. The van der Waals surface area contributed by atoms with Crippen LogP contribution < -0.4 is 0 Å². The molecule has 0 aromatic carbocycles. The highest BCUT2D eigenvalue weighted by Gasteiger charge is 2.07. The SMILES string of the molecule is CSc1cnc(CCC(C)CCc2ccc(-n3ncnc3C)cn2)nc1. The van der Waals surface area contributed by atoms with Gasteiger partial charge in [-0.15, -0.1) is 11.8 Å². The normalized spacial score (nSPS) is 12.3. The van der Waals surface area contributed by atoms with Crippen LogP contribution in [-0.2, 0) is 12.8 Å². The van der Waals surface area contributed by atoms with Crippen LogP contribution in [0.5, 0.6) is 0 Å². The molecule has 0 bridgehead atoms. The van der Waals surface area contributed by atoms with E-state index in [0.717, 1.165) is 53.6 Å². The molecule has 26 heavy (non-hydrogen) atoms. The van der Waals surface area contributed by atoms with E-state index in [1.54, 1.807) is 22.8 Å². The van der Waals surface area contributed by atoms with Crippen molar-refractivity contribution in [1.29, 1.82) is 0 Å². The molecule has 3 aromatic heterocycles. The minimum absolute atomic E-state index is 0.609. The maximum atomic E-state index is 4.57. The molecule has 7 heteroatoms. The van der Waals surface area contributed by atoms with Crippen LogP contribution in [0.1, 0.15) is 37.1 Å². The van der Waals surface area contributed by atoms with Crippen LogP contribution in [0.15, 0.2) is 41.9 Å². The topological polar surface area (TPSA) is 69.4 Å². The van der Waals surface area contributed by atoms with E-state index in [-0.39, 0.29) is 0 Å². The third-order valence-electron chi connectivity index (χ3n) is 4.44. The Hall–Kier alpha value is -2.28. The van der Waals surface area contributed by atoms with Crippen LogP contribution >= 0.6 is 11.8 Å². The van der Waals surface area contributed by atoms with Gasteiger partial charge in [0.25, 0.3) is 0 Å². The van der Waals surface area contributed by atoms with Gasteiger partial charge in [0.2, 0.25) is 0 Å². The van der Waals surface area contributed by atoms with Crippen LogP contribution in [0.25, 0.3) is 5.69 Å². The van der Waals surface area contributed by atoms with E-state index in [1.807, 2.05) is 31.8 Å². The Kier molecular flexibility index (Phi) is 6.33. The molecule has 0 saturated carbocycles. The van der Waals surface area contributed by atoms with Crippen LogP contribution in [0.2, 0.25) is 0 Å². The van der Waals surface area contributed by atoms with Crippen LogP contribution in [0.4, 0.5) is 0 Å². The van der Waals surface area contributed by atoms with Gasteiger partial charge in [-0.3, -0.25) is 4.98 Å². The van der Waals surface area contributed by atoms with E-state index in [9.17, 15) is 0 Å². The molecule has 6 nitrogen and oxygen atoms in total. The fourth-order valence-electron chi connectivity index (χ4n) is 2.73. The Balaban J connectivity index is 1.46. The summed E-state index contributed by atoms with van der Waals surface area (Å²) < 4.78 is 1.79. The van der Waals surface area contributed by atoms with Gasteiger partial charge in [-0.25, -0.2) is 19.6 Å². The summed E-state index contributed by atoms with van der Waals surface area (Å²) in [6.45, 7) is 4.21. The summed E-state index contributed by atoms with van der Waals surface area (Å²) in [6, 6.07) is 4.13. The maximum Gasteiger partial charge on any atom is 0.138 e. The van der Waals surface area contributed by atoms with Crippen molar-refractivity contribution in [2.75, 3.05) is 6.26 Å². The third kappa shape index (κ3) is 4.88. The number of hydrogen-bond acceptors (Lipinski definition) is 6. The molecule has 1 unspecified atom stereocenters. The summed E-state index contributed by atoms with van der Waals surface area (Å²) in [7, 11) is 0. The highest BCUT2D eigenvalue weighted by Crippen LogP contribution is 2.16. The van der Waals surface area contributed by atoms with Gasteiger partial charge in [-0.2, -0.15) is 5.10 Å². The summed E-state index contributed by atoms with van der Waals surface area (Å²) >= 11 is 1.67. The zero-order valence-electron chi connectivity index (χ0n) is 15.5. The smallest absolute Gasteiger partial charge is 0.138 e. The Labute approximate surface area is 158 Å². The second-order valence-electron chi connectivity index (χ2n) is 6.45. The molecule has 0 amide bonds. The van der Waals surface area contributed by atoms with Gasteiger partial charge in [-0.05, 0) is 50.5 Å². The lowest BCUT2D eigenvalue weighted by Gasteiger charge is -2.11. The van der Waals surface area contributed by atoms with Crippen molar-refractivity contribution >= 4 is 11.8 Å². The lowest BCUT2D eigenvalue weighted by Crippen LogP contribution is -2.04. The average molecular weight is 369 g/mol. The second-order valence-corrected chi connectivity index (χ2v) is 7.33. The molecule has 3 rings (SSSR count). The minimum Gasteiger partial charge on any atom is -0.259 e. The monoisotopic (exact) mass is 368 g/mol. The molecule has 0 radical (unpaired) electrons. The molecule has 0 aliphatic carbocycles. The van der Waals surface area contributed by atoms with Gasteiger partial charge in [0.15, 0.2) is 0 Å². The Morgan fingerprint density at radius 1 is 1.00 bits per heavy atom. The number of aryl methyl sites for hydroxylation is 3. The highest BCUT2D eigenvalue weighted by atomic mass is 32.2. The van der Waals surface area contributed by atoms with Crippen LogP contribution in [0, 0.1) is 12.8 Å². The van der Waals surface area contributed by atoms with E-state index in [1.165, 1.54) is 0 Å². The largest absolute Gasteiger partial charge is 0.259 e. The molecule has 0 fully saturated rings. The number of aromatic nitrogens is 6. The standard InChI is InChI=1S/C19H24N6S/c1-14(5-9-19-21-11-18(26-3)12-22-19)4-6-16-7-8-17(10-20-16)25-15(2)23-13-24-25/h7-8,10-14H,4-6,9H2,1-3H3. The predicted molar refractivity (Wildman–Crippen MR) is 104 cm³/mol. The first-order chi connectivity index (χ1) is 12.7. The van der Waals surface area contributed by atoms with Gasteiger partial charge >= 0.3 is 0 Å². The summed E-state index contributed by atoms with van der Waals surface area (Å²) in [5.41, 5.74) is 2.06. The van der Waals surface area contributed by atoms with Gasteiger partial charge < -0.3 is 0 Å². The number of thioether (sulfide) groups is 1. The van der Waals surface area contributed by atoms with E-state index in [4.69, 9.17) is 0 Å². The first-order valence-electron chi connectivity index (χ1n) is 8.82. The molecule has 3 aromatic rings. The van der Waals surface area contributed by atoms with Gasteiger partial charge in [-0.1, -0.05) is 6.92 Å². The molecule has 0 aliphatic heterocycles.